The fraction of sp³-hybridized carbons (Fsp3) is 0.667. The molecule has 1 aromatic rings. The maximum absolute atomic E-state index is 12.4. The van der Waals surface area contributed by atoms with Gasteiger partial charge in [0.2, 0.25) is 0 Å². The minimum absolute atomic E-state index is 0.0110. The van der Waals surface area contributed by atoms with Crippen LogP contribution in [0.15, 0.2) is 23.1 Å². The highest BCUT2D eigenvalue weighted by Crippen LogP contribution is 2.49. The third kappa shape index (κ3) is 6.32. The number of nitrogens with zero attached hydrogens (tertiary/aromatic N) is 2. The van der Waals surface area contributed by atoms with E-state index in [1.165, 1.54) is 0 Å². The number of carbonyl (C=O) groups excluding carboxylic acids is 2. The third-order valence-corrected chi connectivity index (χ3v) is 6.21. The second kappa shape index (κ2) is 9.51. The van der Waals surface area contributed by atoms with Gasteiger partial charge in [0.05, 0.1) is 6.61 Å². The summed E-state index contributed by atoms with van der Waals surface area (Å²) in [6.07, 6.45) is -1.14. The van der Waals surface area contributed by atoms with E-state index >= 15 is 0 Å². The van der Waals surface area contributed by atoms with Gasteiger partial charge in [-0.1, -0.05) is 26.8 Å². The zero-order valence-electron chi connectivity index (χ0n) is 20.3. The van der Waals surface area contributed by atoms with E-state index in [1.807, 2.05) is 20.8 Å². The first-order chi connectivity index (χ1) is 14.9. The Morgan fingerprint density at radius 3 is 2.31 bits per heavy atom. The van der Waals surface area contributed by atoms with Crippen LogP contribution < -0.4 is 4.90 Å². The van der Waals surface area contributed by atoms with Crippen molar-refractivity contribution in [3.63, 3.8) is 0 Å². The molecule has 0 spiro atoms. The van der Waals surface area contributed by atoms with Gasteiger partial charge in [0.15, 0.2) is 6.10 Å². The number of ether oxygens (including phenoxy) is 3. The number of anilines is 1. The third-order valence-electron chi connectivity index (χ3n) is 5.03. The molecule has 3 rings (SSSR count). The summed E-state index contributed by atoms with van der Waals surface area (Å²) in [7, 11) is 0. The van der Waals surface area contributed by atoms with Crippen molar-refractivity contribution in [1.29, 1.82) is 0 Å². The van der Waals surface area contributed by atoms with Crippen LogP contribution in [0.4, 0.5) is 10.5 Å². The van der Waals surface area contributed by atoms with Gasteiger partial charge >= 0.3 is 12.1 Å². The van der Waals surface area contributed by atoms with E-state index < -0.39 is 11.7 Å². The summed E-state index contributed by atoms with van der Waals surface area (Å²) in [6.45, 7) is 16.8. The molecule has 2 aliphatic rings. The Morgan fingerprint density at radius 1 is 1.09 bits per heavy atom. The molecule has 2 unspecified atom stereocenters. The van der Waals surface area contributed by atoms with Gasteiger partial charge in [0.1, 0.15) is 11.7 Å². The smallest absolute Gasteiger partial charge is 0.410 e. The van der Waals surface area contributed by atoms with Crippen molar-refractivity contribution < 1.29 is 23.8 Å². The SMILES string of the molecule is CCOC(=O)C1OC1c1c(SC(C)(C)C)cccc1N1CCN(C(=O)OC(C)(C)C)CC1. The zero-order chi connectivity index (χ0) is 23.7. The summed E-state index contributed by atoms with van der Waals surface area (Å²) in [5.74, 6) is -0.311. The Hall–Kier alpha value is -1.93. The molecular weight excluding hydrogens is 428 g/mol. The second-order valence-electron chi connectivity index (χ2n) is 10.1. The van der Waals surface area contributed by atoms with Crippen molar-refractivity contribution >= 4 is 29.5 Å². The van der Waals surface area contributed by atoms with Crippen LogP contribution in [0.1, 0.15) is 60.1 Å². The maximum atomic E-state index is 12.4. The van der Waals surface area contributed by atoms with E-state index in [9.17, 15) is 9.59 Å². The predicted octanol–water partition coefficient (Wildman–Crippen LogP) is 4.64. The lowest BCUT2D eigenvalue weighted by atomic mass is 10.1. The van der Waals surface area contributed by atoms with Gasteiger partial charge in [-0.2, -0.15) is 0 Å². The first-order valence-corrected chi connectivity index (χ1v) is 12.1. The molecule has 0 aliphatic carbocycles. The van der Waals surface area contributed by atoms with Crippen LogP contribution in [0.25, 0.3) is 0 Å². The van der Waals surface area contributed by atoms with Crippen molar-refractivity contribution in [2.45, 2.75) is 75.9 Å². The summed E-state index contributed by atoms with van der Waals surface area (Å²) < 4.78 is 16.5. The quantitative estimate of drug-likeness (QED) is 0.357. The predicted molar refractivity (Wildman–Crippen MR) is 126 cm³/mol. The summed E-state index contributed by atoms with van der Waals surface area (Å²) in [6, 6.07) is 6.22. The number of epoxide rings is 1. The van der Waals surface area contributed by atoms with Crippen LogP contribution in [0.5, 0.6) is 0 Å². The topological polar surface area (TPSA) is 71.6 Å². The van der Waals surface area contributed by atoms with Crippen LogP contribution >= 0.6 is 11.8 Å². The first-order valence-electron chi connectivity index (χ1n) is 11.3. The van der Waals surface area contributed by atoms with E-state index in [1.54, 1.807) is 23.6 Å². The molecule has 178 valence electrons. The highest BCUT2D eigenvalue weighted by molar-refractivity contribution is 8.00. The lowest BCUT2D eigenvalue weighted by molar-refractivity contribution is -0.144. The largest absolute Gasteiger partial charge is 0.464 e. The van der Waals surface area contributed by atoms with Crippen molar-refractivity contribution in [3.8, 4) is 0 Å². The number of amides is 1. The summed E-state index contributed by atoms with van der Waals surface area (Å²) >= 11 is 1.77. The highest BCUT2D eigenvalue weighted by Gasteiger charge is 2.50. The highest BCUT2D eigenvalue weighted by atomic mass is 32.2. The van der Waals surface area contributed by atoms with Crippen LogP contribution in [-0.2, 0) is 19.0 Å². The maximum Gasteiger partial charge on any atom is 0.410 e. The minimum Gasteiger partial charge on any atom is -0.464 e. The van der Waals surface area contributed by atoms with Crippen molar-refractivity contribution in [1.82, 2.24) is 4.90 Å². The zero-order valence-corrected chi connectivity index (χ0v) is 21.1. The fourth-order valence-corrected chi connectivity index (χ4v) is 4.84. The van der Waals surface area contributed by atoms with Gasteiger partial charge in [-0.15, -0.1) is 11.8 Å². The molecule has 2 saturated heterocycles. The number of carbonyl (C=O) groups is 2. The number of esters is 1. The number of benzene rings is 1. The Labute approximate surface area is 195 Å². The molecule has 0 aromatic heterocycles. The van der Waals surface area contributed by atoms with Crippen molar-refractivity contribution in [2.75, 3.05) is 37.7 Å². The number of thioether (sulfide) groups is 1. The molecule has 0 bridgehead atoms. The number of hydrogen-bond acceptors (Lipinski definition) is 7. The lowest BCUT2D eigenvalue weighted by Gasteiger charge is -2.38. The molecule has 2 atom stereocenters. The molecule has 32 heavy (non-hydrogen) atoms. The van der Waals surface area contributed by atoms with Crippen molar-refractivity contribution in [2.24, 2.45) is 0 Å². The monoisotopic (exact) mass is 464 g/mol. The second-order valence-corrected chi connectivity index (χ2v) is 12.0. The van der Waals surface area contributed by atoms with Crippen molar-refractivity contribution in [3.05, 3.63) is 23.8 Å². The molecule has 0 N–H and O–H groups in total. The molecule has 1 amide bonds. The molecular formula is C24H36N2O5S. The van der Waals surface area contributed by atoms with Gasteiger partial charge in [-0.3, -0.25) is 0 Å². The number of piperazine rings is 1. The molecule has 2 aliphatic heterocycles. The minimum atomic E-state index is -0.557. The van der Waals surface area contributed by atoms with E-state index in [0.29, 0.717) is 32.8 Å². The summed E-state index contributed by atoms with van der Waals surface area (Å²) in [5, 5.41) is 0. The summed E-state index contributed by atoms with van der Waals surface area (Å²) in [5.41, 5.74) is 1.58. The van der Waals surface area contributed by atoms with E-state index in [4.69, 9.17) is 14.2 Å². The van der Waals surface area contributed by atoms with E-state index in [0.717, 1.165) is 16.1 Å². The Kier molecular flexibility index (Phi) is 7.34. The Bertz CT molecular complexity index is 838. The summed E-state index contributed by atoms with van der Waals surface area (Å²) in [4.78, 5) is 29.9. The molecule has 2 heterocycles. The number of hydrogen-bond donors (Lipinski definition) is 0. The number of rotatable bonds is 5. The first kappa shape index (κ1) is 24.7. The van der Waals surface area contributed by atoms with Crippen LogP contribution in [-0.4, -0.2) is 66.2 Å². The van der Waals surface area contributed by atoms with E-state index in [2.05, 4.69) is 43.9 Å². The standard InChI is InChI=1S/C24H36N2O5S/c1-8-29-21(27)20-19(30-20)18-16(10-9-11-17(18)32-24(5,6)7)25-12-14-26(15-13-25)22(28)31-23(2,3)4/h9-11,19-20H,8,12-15H2,1-7H3. The normalized spacial score (nSPS) is 21.3. The van der Waals surface area contributed by atoms with Gasteiger partial charge in [0.25, 0.3) is 0 Å². The van der Waals surface area contributed by atoms with Gasteiger partial charge in [0, 0.05) is 47.1 Å². The van der Waals surface area contributed by atoms with Crippen LogP contribution in [0.3, 0.4) is 0 Å². The van der Waals surface area contributed by atoms with Gasteiger partial charge in [-0.25, -0.2) is 9.59 Å². The average Bonchev–Trinajstić information content (AvgIpc) is 3.46. The Morgan fingerprint density at radius 2 is 1.75 bits per heavy atom. The van der Waals surface area contributed by atoms with Crippen LogP contribution in [0.2, 0.25) is 0 Å². The molecule has 1 aromatic carbocycles. The molecule has 0 radical (unpaired) electrons. The lowest BCUT2D eigenvalue weighted by Crippen LogP contribution is -2.50. The molecule has 7 nitrogen and oxygen atoms in total. The molecule has 2 fully saturated rings. The Balaban J connectivity index is 1.80. The van der Waals surface area contributed by atoms with Crippen LogP contribution in [0, 0.1) is 0 Å². The molecule has 8 heteroatoms. The fourth-order valence-electron chi connectivity index (χ4n) is 3.70. The average molecular weight is 465 g/mol. The van der Waals surface area contributed by atoms with Gasteiger partial charge in [-0.05, 0) is 39.8 Å². The van der Waals surface area contributed by atoms with E-state index in [-0.39, 0.29) is 22.9 Å². The molecule has 0 saturated carbocycles. The van der Waals surface area contributed by atoms with Gasteiger partial charge < -0.3 is 24.0 Å².